The summed E-state index contributed by atoms with van der Waals surface area (Å²) in [6, 6.07) is 10.5. The van der Waals surface area contributed by atoms with Gasteiger partial charge < -0.3 is 20.1 Å². The highest BCUT2D eigenvalue weighted by atomic mass is 127. The van der Waals surface area contributed by atoms with E-state index in [4.69, 9.17) is 9.47 Å². The van der Waals surface area contributed by atoms with Gasteiger partial charge in [0.25, 0.3) is 0 Å². The molecule has 1 fully saturated rings. The van der Waals surface area contributed by atoms with Crippen LogP contribution in [0.4, 0.5) is 0 Å². The fraction of sp³-hybridized carbons (Fsp3) is 0.545. The summed E-state index contributed by atoms with van der Waals surface area (Å²) in [5.41, 5.74) is 2.45. The lowest BCUT2D eigenvalue weighted by Gasteiger charge is -2.21. The molecule has 1 aliphatic heterocycles. The van der Waals surface area contributed by atoms with Crippen LogP contribution in [0.15, 0.2) is 47.7 Å². The van der Waals surface area contributed by atoms with E-state index < -0.39 is 0 Å². The lowest BCUT2D eigenvalue weighted by molar-refractivity contribution is 0.0203. The number of rotatable bonds is 10. The average molecular weight is 527 g/mol. The molecule has 166 valence electrons. The second kappa shape index (κ2) is 14.4. The normalized spacial score (nSPS) is 14.9. The SMILES string of the molecule is CN=C(NCCCOCC1CCOCC1)NCc1cccc(Cn2cccn2)c1.I. The van der Waals surface area contributed by atoms with Gasteiger partial charge in [0.05, 0.1) is 6.54 Å². The molecule has 1 aliphatic rings. The van der Waals surface area contributed by atoms with Crippen molar-refractivity contribution < 1.29 is 9.47 Å². The standard InChI is InChI=1S/C22H33N5O2.HI/c1-23-22(24-9-4-12-29-18-19-7-13-28-14-8-19)25-16-20-5-2-6-21(15-20)17-27-11-3-10-26-27;/h2-3,5-6,10-11,15,19H,4,7-9,12-14,16-18H2,1H3,(H2,23,24,25);1H. The predicted molar refractivity (Wildman–Crippen MR) is 130 cm³/mol. The molecule has 3 rings (SSSR count). The predicted octanol–water partition coefficient (Wildman–Crippen LogP) is 3.05. The van der Waals surface area contributed by atoms with Gasteiger partial charge in [0.1, 0.15) is 0 Å². The zero-order chi connectivity index (χ0) is 20.2. The van der Waals surface area contributed by atoms with E-state index in [0.717, 1.165) is 71.3 Å². The lowest BCUT2D eigenvalue weighted by Crippen LogP contribution is -2.37. The third kappa shape index (κ3) is 9.01. The molecule has 0 atom stereocenters. The molecule has 0 radical (unpaired) electrons. The summed E-state index contributed by atoms with van der Waals surface area (Å²) < 4.78 is 13.1. The first-order valence-corrected chi connectivity index (χ1v) is 10.5. The number of hydrogen-bond donors (Lipinski definition) is 2. The molecule has 8 heteroatoms. The van der Waals surface area contributed by atoms with Gasteiger partial charge in [-0.25, -0.2) is 0 Å². The fourth-order valence-electron chi connectivity index (χ4n) is 3.37. The fourth-order valence-corrected chi connectivity index (χ4v) is 3.37. The first kappa shape index (κ1) is 24.6. The van der Waals surface area contributed by atoms with Crippen LogP contribution in [0, 0.1) is 5.92 Å². The van der Waals surface area contributed by atoms with Crippen LogP contribution in [0.5, 0.6) is 0 Å². The molecule has 2 N–H and O–H groups in total. The summed E-state index contributed by atoms with van der Waals surface area (Å²) in [4.78, 5) is 4.30. The minimum Gasteiger partial charge on any atom is -0.381 e. The van der Waals surface area contributed by atoms with Gasteiger partial charge >= 0.3 is 0 Å². The van der Waals surface area contributed by atoms with Crippen LogP contribution in [0.25, 0.3) is 0 Å². The van der Waals surface area contributed by atoms with E-state index in [2.05, 4.69) is 45.0 Å². The maximum Gasteiger partial charge on any atom is 0.191 e. The third-order valence-electron chi connectivity index (χ3n) is 5.03. The van der Waals surface area contributed by atoms with Gasteiger partial charge in [-0.05, 0) is 42.4 Å². The number of benzene rings is 1. The van der Waals surface area contributed by atoms with E-state index in [0.29, 0.717) is 5.92 Å². The highest BCUT2D eigenvalue weighted by Gasteiger charge is 2.13. The average Bonchev–Trinajstić information content (AvgIpc) is 3.27. The van der Waals surface area contributed by atoms with E-state index in [1.165, 1.54) is 11.1 Å². The molecular formula is C22H34IN5O2. The number of nitrogens with one attached hydrogen (secondary N) is 2. The van der Waals surface area contributed by atoms with Gasteiger partial charge in [-0.3, -0.25) is 9.67 Å². The summed E-state index contributed by atoms with van der Waals surface area (Å²) in [5.74, 6) is 1.47. The Bertz CT molecular complexity index is 733. The number of aromatic nitrogens is 2. The van der Waals surface area contributed by atoms with Gasteiger partial charge in [-0.2, -0.15) is 5.10 Å². The lowest BCUT2D eigenvalue weighted by atomic mass is 10.0. The van der Waals surface area contributed by atoms with Crippen LogP contribution in [-0.2, 0) is 22.6 Å². The zero-order valence-electron chi connectivity index (χ0n) is 17.8. The Morgan fingerprint density at radius 3 is 2.83 bits per heavy atom. The summed E-state index contributed by atoms with van der Waals surface area (Å²) in [6.07, 6.45) is 6.99. The Morgan fingerprint density at radius 1 is 1.23 bits per heavy atom. The molecule has 0 spiro atoms. The number of nitrogens with zero attached hydrogens (tertiary/aromatic N) is 3. The van der Waals surface area contributed by atoms with E-state index in [9.17, 15) is 0 Å². The second-order valence-corrected chi connectivity index (χ2v) is 7.36. The molecule has 30 heavy (non-hydrogen) atoms. The van der Waals surface area contributed by atoms with Crippen molar-refractivity contribution in [3.63, 3.8) is 0 Å². The Labute approximate surface area is 196 Å². The summed E-state index contributed by atoms with van der Waals surface area (Å²) in [7, 11) is 1.80. The molecule has 0 saturated carbocycles. The van der Waals surface area contributed by atoms with Crippen molar-refractivity contribution >= 4 is 29.9 Å². The van der Waals surface area contributed by atoms with Crippen molar-refractivity contribution in [2.75, 3.05) is 40.0 Å². The summed E-state index contributed by atoms with van der Waals surface area (Å²) in [6.45, 7) is 5.73. The quantitative estimate of drug-likeness (QED) is 0.215. The molecule has 7 nitrogen and oxygen atoms in total. The van der Waals surface area contributed by atoms with Crippen LogP contribution in [-0.4, -0.2) is 55.8 Å². The van der Waals surface area contributed by atoms with Crippen molar-refractivity contribution in [1.82, 2.24) is 20.4 Å². The number of aliphatic imine (C=N–C) groups is 1. The molecule has 1 saturated heterocycles. The van der Waals surface area contributed by atoms with Crippen LogP contribution in [0.2, 0.25) is 0 Å². The van der Waals surface area contributed by atoms with E-state index in [1.807, 2.05) is 16.9 Å². The second-order valence-electron chi connectivity index (χ2n) is 7.36. The molecule has 1 aromatic heterocycles. The van der Waals surface area contributed by atoms with E-state index in [1.54, 1.807) is 13.2 Å². The van der Waals surface area contributed by atoms with Gasteiger partial charge in [0.15, 0.2) is 5.96 Å². The molecule has 0 bridgehead atoms. The minimum atomic E-state index is 0. The Kier molecular flexibility index (Phi) is 11.8. The third-order valence-corrected chi connectivity index (χ3v) is 5.03. The van der Waals surface area contributed by atoms with Crippen LogP contribution >= 0.6 is 24.0 Å². The highest BCUT2D eigenvalue weighted by molar-refractivity contribution is 14.0. The highest BCUT2D eigenvalue weighted by Crippen LogP contribution is 2.14. The zero-order valence-corrected chi connectivity index (χ0v) is 20.1. The van der Waals surface area contributed by atoms with Gasteiger partial charge in [0, 0.05) is 59.0 Å². The number of halogens is 1. The molecule has 1 aromatic carbocycles. The molecule has 2 aromatic rings. The minimum absolute atomic E-state index is 0. The maximum absolute atomic E-state index is 5.81. The van der Waals surface area contributed by atoms with Crippen molar-refractivity contribution in [1.29, 1.82) is 0 Å². The number of hydrogen-bond acceptors (Lipinski definition) is 4. The Morgan fingerprint density at radius 2 is 2.07 bits per heavy atom. The molecule has 0 amide bonds. The molecular weight excluding hydrogens is 493 g/mol. The molecule has 0 aliphatic carbocycles. The van der Waals surface area contributed by atoms with Gasteiger partial charge in [-0.1, -0.05) is 24.3 Å². The first-order chi connectivity index (χ1) is 14.3. The van der Waals surface area contributed by atoms with E-state index >= 15 is 0 Å². The smallest absolute Gasteiger partial charge is 0.191 e. The largest absolute Gasteiger partial charge is 0.381 e. The van der Waals surface area contributed by atoms with Crippen LogP contribution in [0.1, 0.15) is 30.4 Å². The maximum atomic E-state index is 5.81. The molecule has 0 unspecified atom stereocenters. The van der Waals surface area contributed by atoms with Crippen molar-refractivity contribution in [2.24, 2.45) is 10.9 Å². The number of guanidine groups is 1. The summed E-state index contributed by atoms with van der Waals surface area (Å²) >= 11 is 0. The number of ether oxygens (including phenoxy) is 2. The van der Waals surface area contributed by atoms with Crippen molar-refractivity contribution in [2.45, 2.75) is 32.4 Å². The Hall–Kier alpha value is -1.65. The topological polar surface area (TPSA) is 72.7 Å². The Balaban J connectivity index is 0.00000320. The monoisotopic (exact) mass is 527 g/mol. The van der Waals surface area contributed by atoms with Crippen LogP contribution < -0.4 is 10.6 Å². The van der Waals surface area contributed by atoms with Crippen molar-refractivity contribution in [3.8, 4) is 0 Å². The van der Waals surface area contributed by atoms with Gasteiger partial charge in [-0.15, -0.1) is 24.0 Å². The van der Waals surface area contributed by atoms with E-state index in [-0.39, 0.29) is 24.0 Å². The van der Waals surface area contributed by atoms with Crippen molar-refractivity contribution in [3.05, 3.63) is 53.9 Å². The van der Waals surface area contributed by atoms with Crippen LogP contribution in [0.3, 0.4) is 0 Å². The molecule has 2 heterocycles. The van der Waals surface area contributed by atoms with Gasteiger partial charge in [0.2, 0.25) is 0 Å². The summed E-state index contributed by atoms with van der Waals surface area (Å²) in [5, 5.41) is 11.0. The first-order valence-electron chi connectivity index (χ1n) is 10.5.